The molecular weight excluding hydrogens is 370 g/mol. The average Bonchev–Trinajstić information content (AvgIpc) is 2.78. The van der Waals surface area contributed by atoms with Crippen molar-refractivity contribution in [1.29, 1.82) is 0 Å². The van der Waals surface area contributed by atoms with Crippen molar-refractivity contribution in [1.82, 2.24) is 4.57 Å². The number of alkyl halides is 3. The van der Waals surface area contributed by atoms with E-state index < -0.39 is 12.3 Å². The Kier molecular flexibility index (Phi) is 4.19. The first kappa shape index (κ1) is 14.4. The summed E-state index contributed by atoms with van der Waals surface area (Å²) in [7, 11) is 0. The molecule has 1 aromatic heterocycles. The summed E-state index contributed by atoms with van der Waals surface area (Å²) < 4.78 is 39.8. The van der Waals surface area contributed by atoms with E-state index in [2.05, 4.69) is 22.6 Å². The third-order valence-corrected chi connectivity index (χ3v) is 3.40. The van der Waals surface area contributed by atoms with Gasteiger partial charge in [0, 0.05) is 28.1 Å². The average molecular weight is 381 g/mol. The Balaban J connectivity index is 2.11. The molecule has 1 unspecified atom stereocenters. The fraction of sp³-hybridized carbons (Fsp3) is 0.231. The van der Waals surface area contributed by atoms with Crippen LogP contribution in [0.15, 0.2) is 42.7 Å². The number of aliphatic hydroxyl groups excluding tert-OH is 1. The topological polar surface area (TPSA) is 25.2 Å². The minimum atomic E-state index is -4.63. The molecule has 1 N–H and O–H groups in total. The summed E-state index contributed by atoms with van der Waals surface area (Å²) >= 11 is 2.18. The largest absolute Gasteiger partial charge is 0.418 e. The fourth-order valence-corrected chi connectivity index (χ4v) is 2.07. The molecule has 2 rings (SSSR count). The van der Waals surface area contributed by atoms with Crippen molar-refractivity contribution >= 4 is 22.6 Å². The molecule has 0 saturated heterocycles. The Morgan fingerprint density at radius 2 is 1.79 bits per heavy atom. The van der Waals surface area contributed by atoms with E-state index in [1.54, 1.807) is 4.57 Å². The van der Waals surface area contributed by atoms with Crippen LogP contribution in [0, 0.1) is 3.57 Å². The molecule has 0 radical (unpaired) electrons. The van der Waals surface area contributed by atoms with Gasteiger partial charge in [-0.3, -0.25) is 0 Å². The molecule has 1 atom stereocenters. The van der Waals surface area contributed by atoms with Crippen LogP contribution in [0.1, 0.15) is 17.2 Å². The molecule has 0 spiro atoms. The van der Waals surface area contributed by atoms with Crippen molar-refractivity contribution in [2.24, 2.45) is 0 Å². The lowest BCUT2D eigenvalue weighted by Gasteiger charge is -2.12. The second-order valence-electron chi connectivity index (χ2n) is 4.19. The Morgan fingerprint density at radius 3 is 2.37 bits per heavy atom. The lowest BCUT2D eigenvalue weighted by molar-refractivity contribution is -0.206. The fourth-order valence-electron chi connectivity index (χ4n) is 1.71. The zero-order chi connectivity index (χ0) is 14.0. The first-order chi connectivity index (χ1) is 8.86. The summed E-state index contributed by atoms with van der Waals surface area (Å²) in [6.45, 7) is 0.474. The first-order valence-electron chi connectivity index (χ1n) is 5.51. The molecule has 6 heteroatoms. The van der Waals surface area contributed by atoms with Gasteiger partial charge in [0.05, 0.1) is 0 Å². The number of benzene rings is 1. The number of aliphatic hydroxyl groups is 1. The third kappa shape index (κ3) is 3.73. The monoisotopic (exact) mass is 381 g/mol. The van der Waals surface area contributed by atoms with Gasteiger partial charge < -0.3 is 9.67 Å². The van der Waals surface area contributed by atoms with Gasteiger partial charge in [-0.1, -0.05) is 12.1 Å². The number of hydrogen-bond donors (Lipinski definition) is 1. The standard InChI is InChI=1S/C13H11F3INO/c14-13(15,16)12(19)10-5-6-18(8-10)7-9-1-3-11(17)4-2-9/h1-6,8,12,19H,7H2. The second-order valence-corrected chi connectivity index (χ2v) is 5.43. The van der Waals surface area contributed by atoms with Gasteiger partial charge in [0.25, 0.3) is 0 Å². The molecule has 0 aliphatic carbocycles. The smallest absolute Gasteiger partial charge is 0.379 e. The molecule has 0 fully saturated rings. The van der Waals surface area contributed by atoms with Gasteiger partial charge in [-0.2, -0.15) is 13.2 Å². The van der Waals surface area contributed by atoms with Crippen LogP contribution < -0.4 is 0 Å². The Bertz CT molecular complexity index is 548. The van der Waals surface area contributed by atoms with Crippen molar-refractivity contribution in [3.8, 4) is 0 Å². The summed E-state index contributed by atoms with van der Waals surface area (Å²) in [6.07, 6.45) is -4.21. The summed E-state index contributed by atoms with van der Waals surface area (Å²) in [5.41, 5.74) is 0.849. The lowest BCUT2D eigenvalue weighted by atomic mass is 10.2. The summed E-state index contributed by atoms with van der Waals surface area (Å²) in [6, 6.07) is 8.99. The molecule has 0 aliphatic rings. The summed E-state index contributed by atoms with van der Waals surface area (Å²) in [5, 5.41) is 9.13. The van der Waals surface area contributed by atoms with Gasteiger partial charge in [0.15, 0.2) is 6.10 Å². The van der Waals surface area contributed by atoms with Crippen molar-refractivity contribution < 1.29 is 18.3 Å². The van der Waals surface area contributed by atoms with Crippen LogP contribution in [0.25, 0.3) is 0 Å². The minimum absolute atomic E-state index is 0.141. The van der Waals surface area contributed by atoms with Gasteiger partial charge in [0.2, 0.25) is 0 Å². The molecule has 19 heavy (non-hydrogen) atoms. The highest BCUT2D eigenvalue weighted by molar-refractivity contribution is 14.1. The number of aromatic nitrogens is 1. The molecule has 0 aliphatic heterocycles. The zero-order valence-electron chi connectivity index (χ0n) is 9.73. The predicted octanol–water partition coefficient (Wildman–Crippen LogP) is 3.74. The highest BCUT2D eigenvalue weighted by Crippen LogP contribution is 2.32. The Morgan fingerprint density at radius 1 is 1.16 bits per heavy atom. The first-order valence-corrected chi connectivity index (χ1v) is 6.59. The van der Waals surface area contributed by atoms with Crippen LogP contribution in [0.4, 0.5) is 13.2 Å². The van der Waals surface area contributed by atoms with Crippen LogP contribution in [-0.4, -0.2) is 15.8 Å². The van der Waals surface area contributed by atoms with Crippen LogP contribution in [0.3, 0.4) is 0 Å². The number of rotatable bonds is 3. The van der Waals surface area contributed by atoms with Crippen LogP contribution in [-0.2, 0) is 6.54 Å². The van der Waals surface area contributed by atoms with E-state index in [0.717, 1.165) is 9.13 Å². The van der Waals surface area contributed by atoms with Crippen molar-refractivity contribution in [2.75, 3.05) is 0 Å². The normalized spacial score (nSPS) is 13.5. The van der Waals surface area contributed by atoms with E-state index in [4.69, 9.17) is 5.11 Å². The molecule has 0 saturated carbocycles. The molecule has 1 aromatic carbocycles. The van der Waals surface area contributed by atoms with E-state index in [1.165, 1.54) is 18.5 Å². The molecule has 0 bridgehead atoms. The molecule has 102 valence electrons. The maximum Gasteiger partial charge on any atom is 0.418 e. The van der Waals surface area contributed by atoms with Crippen LogP contribution in [0.2, 0.25) is 0 Å². The van der Waals surface area contributed by atoms with E-state index in [9.17, 15) is 13.2 Å². The Labute approximate surface area is 122 Å². The van der Waals surface area contributed by atoms with Gasteiger partial charge in [-0.15, -0.1) is 0 Å². The van der Waals surface area contributed by atoms with Gasteiger partial charge in [-0.25, -0.2) is 0 Å². The Hall–Kier alpha value is -1.02. The van der Waals surface area contributed by atoms with Gasteiger partial charge in [0.1, 0.15) is 0 Å². The zero-order valence-corrected chi connectivity index (χ0v) is 11.9. The quantitative estimate of drug-likeness (QED) is 0.806. The number of nitrogens with zero attached hydrogens (tertiary/aromatic N) is 1. The van der Waals surface area contributed by atoms with Crippen molar-refractivity contribution in [3.63, 3.8) is 0 Å². The highest BCUT2D eigenvalue weighted by Gasteiger charge is 2.39. The van der Waals surface area contributed by atoms with E-state index in [1.807, 2.05) is 24.3 Å². The predicted molar refractivity (Wildman–Crippen MR) is 73.7 cm³/mol. The van der Waals surface area contributed by atoms with E-state index in [0.29, 0.717) is 6.54 Å². The van der Waals surface area contributed by atoms with Gasteiger partial charge in [-0.05, 0) is 46.4 Å². The number of halogens is 4. The molecule has 2 nitrogen and oxygen atoms in total. The third-order valence-electron chi connectivity index (χ3n) is 2.68. The molecule has 1 heterocycles. The minimum Gasteiger partial charge on any atom is -0.379 e. The maximum absolute atomic E-state index is 12.4. The summed E-state index contributed by atoms with van der Waals surface area (Å²) in [4.78, 5) is 0. The van der Waals surface area contributed by atoms with Crippen LogP contribution in [0.5, 0.6) is 0 Å². The number of hydrogen-bond acceptors (Lipinski definition) is 1. The molecular formula is C13H11F3INO. The van der Waals surface area contributed by atoms with Crippen molar-refractivity contribution in [3.05, 3.63) is 57.4 Å². The van der Waals surface area contributed by atoms with Gasteiger partial charge >= 0.3 is 6.18 Å². The molecule has 2 aromatic rings. The van der Waals surface area contributed by atoms with Crippen LogP contribution >= 0.6 is 22.6 Å². The van der Waals surface area contributed by atoms with E-state index in [-0.39, 0.29) is 5.56 Å². The maximum atomic E-state index is 12.4. The van der Waals surface area contributed by atoms with Crippen molar-refractivity contribution in [2.45, 2.75) is 18.8 Å². The molecule has 0 amide bonds. The second kappa shape index (κ2) is 5.54. The highest BCUT2D eigenvalue weighted by atomic mass is 127. The lowest BCUT2D eigenvalue weighted by Crippen LogP contribution is -2.19. The SMILES string of the molecule is OC(c1ccn(Cc2ccc(I)cc2)c1)C(F)(F)F. The summed E-state index contributed by atoms with van der Waals surface area (Å²) in [5.74, 6) is 0. The van der Waals surface area contributed by atoms with E-state index >= 15 is 0 Å².